The van der Waals surface area contributed by atoms with Gasteiger partial charge in [-0.15, -0.1) is 0 Å². The van der Waals surface area contributed by atoms with Crippen molar-refractivity contribution in [2.45, 2.75) is 69.8 Å². The average molecular weight is 809 g/mol. The second-order valence-corrected chi connectivity index (χ2v) is 17.1. The second-order valence-electron chi connectivity index (χ2n) is 17.1. The summed E-state index contributed by atoms with van der Waals surface area (Å²) in [6.45, 7) is 5.15. The fourth-order valence-electron chi connectivity index (χ4n) is 8.52. The first-order valence-electron chi connectivity index (χ1n) is 21.0. The van der Waals surface area contributed by atoms with Crippen LogP contribution in [0.2, 0.25) is 0 Å². The minimum absolute atomic E-state index is 0.0589. The van der Waals surface area contributed by atoms with E-state index in [1.165, 1.54) is 0 Å². The van der Waals surface area contributed by atoms with Gasteiger partial charge in [0.15, 0.2) is 6.61 Å². The molecule has 8 rings (SSSR count). The smallest absolute Gasteiger partial charge is 0.344 e. The van der Waals surface area contributed by atoms with Crippen LogP contribution in [0.1, 0.15) is 99.7 Å². The Bertz CT molecular complexity index is 2430. The summed E-state index contributed by atoms with van der Waals surface area (Å²) in [5, 5.41) is 36.8. The number of esters is 1. The van der Waals surface area contributed by atoms with Gasteiger partial charge in [0.1, 0.15) is 28.6 Å². The molecule has 0 spiro atoms. The van der Waals surface area contributed by atoms with Crippen LogP contribution in [0.15, 0.2) is 164 Å². The fraction of sp³-hybridized carbons (Fsp3) is 0.218. The molecule has 4 aromatic rings. The highest BCUT2D eigenvalue weighted by Gasteiger charge is 2.25. The van der Waals surface area contributed by atoms with Gasteiger partial charge >= 0.3 is 5.97 Å². The number of phenolic OH excluding ortho intramolecular Hbond substituents is 3. The number of phenols is 3. The Kier molecular flexibility index (Phi) is 12.0. The number of allylic oxidation sites excluding steroid dienone is 18. The third-order valence-electron chi connectivity index (χ3n) is 11.4. The van der Waals surface area contributed by atoms with Crippen LogP contribution in [-0.4, -0.2) is 33.5 Å². The van der Waals surface area contributed by atoms with Crippen LogP contribution < -0.4 is 4.74 Å². The third-order valence-corrected chi connectivity index (χ3v) is 11.4. The van der Waals surface area contributed by atoms with E-state index in [1.807, 2.05) is 148 Å². The number of aromatic hydroxyl groups is 3. The molecular formula is C55H52O6. The zero-order valence-electron chi connectivity index (χ0n) is 34.9. The summed E-state index contributed by atoms with van der Waals surface area (Å²) in [4.78, 5) is 13.1. The summed E-state index contributed by atoms with van der Waals surface area (Å²) < 4.78 is 12.1. The van der Waals surface area contributed by atoms with Crippen LogP contribution in [0.5, 0.6) is 23.0 Å². The largest absolute Gasteiger partial charge is 0.507 e. The lowest BCUT2D eigenvalue weighted by Gasteiger charge is -2.23. The van der Waals surface area contributed by atoms with Gasteiger partial charge in [-0.2, -0.15) is 0 Å². The van der Waals surface area contributed by atoms with Crippen molar-refractivity contribution in [3.8, 4) is 23.0 Å². The molecule has 0 aromatic heterocycles. The molecular weight excluding hydrogens is 757 g/mol. The molecule has 4 aliphatic carbocycles. The van der Waals surface area contributed by atoms with Crippen molar-refractivity contribution in [1.29, 1.82) is 0 Å². The van der Waals surface area contributed by atoms with Gasteiger partial charge in [0.05, 0.1) is 0 Å². The Labute approximate surface area is 358 Å². The SMILES string of the molecule is CC(C)(C)OC(=O)COc1c2cccc1Cc1cc(C3C=CC=CC=C3)cc(c1O)Cc1cc(C3C=CC=CC=C3)cc(c1O)Cc1cc(C3C=CC=CC=C3)cc(c1O)C2. The van der Waals surface area contributed by atoms with Gasteiger partial charge in [-0.05, 0) is 82.0 Å². The van der Waals surface area contributed by atoms with Crippen molar-refractivity contribution >= 4 is 5.97 Å². The van der Waals surface area contributed by atoms with Gasteiger partial charge in [-0.1, -0.05) is 164 Å². The third kappa shape index (κ3) is 9.66. The number of para-hydroxylation sites is 1. The van der Waals surface area contributed by atoms with Gasteiger partial charge in [0, 0.05) is 43.4 Å². The summed E-state index contributed by atoms with van der Waals surface area (Å²) in [6, 6.07) is 18.1. The highest BCUT2D eigenvalue weighted by molar-refractivity contribution is 5.72. The predicted octanol–water partition coefficient (Wildman–Crippen LogP) is 11.5. The molecule has 61 heavy (non-hydrogen) atoms. The summed E-state index contributed by atoms with van der Waals surface area (Å²) in [5.41, 5.74) is 7.88. The maximum atomic E-state index is 13.1. The first kappa shape index (κ1) is 41.0. The van der Waals surface area contributed by atoms with E-state index in [9.17, 15) is 20.1 Å². The van der Waals surface area contributed by atoms with Gasteiger partial charge in [-0.3, -0.25) is 0 Å². The lowest BCUT2D eigenvalue weighted by atomic mass is 9.85. The van der Waals surface area contributed by atoms with Gasteiger partial charge in [0.25, 0.3) is 0 Å². The van der Waals surface area contributed by atoms with Crippen LogP contribution in [0.25, 0.3) is 0 Å². The van der Waals surface area contributed by atoms with Crippen LogP contribution in [-0.2, 0) is 35.2 Å². The standard InChI is InChI=1S/C55H52O6/c1-55(2,3)61-50(56)35-60-54-39-23-16-24-40(54)26-45-28-42(37-19-12-6-7-13-20-37)30-47(52(45)58)34-49-32-43(38-21-14-8-9-15-22-38)31-48(53(49)59)33-46-29-41(27-44(25-39)51(46)57)36-17-10-4-5-11-18-36/h4-24,27-32,36-38,57-59H,25-26,33-35H2,1-3H3. The molecule has 0 atom stereocenters. The molecule has 0 saturated carbocycles. The molecule has 0 heterocycles. The first-order chi connectivity index (χ1) is 29.5. The number of hydrogen-bond donors (Lipinski definition) is 3. The topological polar surface area (TPSA) is 96.2 Å². The minimum atomic E-state index is -0.695. The number of ether oxygens (including phenoxy) is 2. The Morgan fingerprint density at radius 2 is 0.787 bits per heavy atom. The molecule has 0 fully saturated rings. The number of hydrogen-bond acceptors (Lipinski definition) is 6. The van der Waals surface area contributed by atoms with Crippen LogP contribution in [0.3, 0.4) is 0 Å². The van der Waals surface area contributed by atoms with Crippen molar-refractivity contribution < 1.29 is 29.6 Å². The summed E-state index contributed by atoms with van der Waals surface area (Å²) in [6.07, 6.45) is 38.0. The van der Waals surface area contributed by atoms with E-state index >= 15 is 0 Å². The monoisotopic (exact) mass is 808 g/mol. The number of carbonyl (C=O) groups is 1. The zero-order valence-corrected chi connectivity index (χ0v) is 34.9. The Hall–Kier alpha value is -6.79. The fourth-order valence-corrected chi connectivity index (χ4v) is 8.52. The van der Waals surface area contributed by atoms with Gasteiger partial charge in [-0.25, -0.2) is 4.79 Å². The Morgan fingerprint density at radius 1 is 0.492 bits per heavy atom. The Balaban J connectivity index is 1.35. The maximum Gasteiger partial charge on any atom is 0.344 e. The number of carbonyl (C=O) groups excluding carboxylic acids is 1. The molecule has 6 nitrogen and oxygen atoms in total. The van der Waals surface area contributed by atoms with Crippen molar-refractivity contribution in [3.63, 3.8) is 0 Å². The molecule has 308 valence electrons. The molecule has 0 saturated heterocycles. The van der Waals surface area contributed by atoms with Gasteiger partial charge < -0.3 is 24.8 Å². The van der Waals surface area contributed by atoms with E-state index in [2.05, 4.69) is 36.5 Å². The number of benzene rings is 4. The summed E-state index contributed by atoms with van der Waals surface area (Å²) in [7, 11) is 0. The molecule has 8 bridgehead atoms. The predicted molar refractivity (Wildman–Crippen MR) is 244 cm³/mol. The van der Waals surface area contributed by atoms with E-state index in [-0.39, 0.29) is 67.3 Å². The molecule has 3 N–H and O–H groups in total. The van der Waals surface area contributed by atoms with Crippen molar-refractivity contribution in [1.82, 2.24) is 0 Å². The lowest BCUT2D eigenvalue weighted by molar-refractivity contribution is -0.157. The highest BCUT2D eigenvalue weighted by atomic mass is 16.6. The molecule has 0 aliphatic heterocycles. The number of fused-ring (bicyclic) bond motifs is 8. The van der Waals surface area contributed by atoms with Crippen molar-refractivity contribution in [3.05, 3.63) is 225 Å². The molecule has 6 heteroatoms. The van der Waals surface area contributed by atoms with E-state index in [0.717, 1.165) is 27.8 Å². The normalized spacial score (nSPS) is 16.4. The number of rotatable bonds is 6. The van der Waals surface area contributed by atoms with E-state index < -0.39 is 11.6 Å². The van der Waals surface area contributed by atoms with E-state index in [1.54, 1.807) is 0 Å². The first-order valence-corrected chi connectivity index (χ1v) is 21.0. The zero-order chi connectivity index (χ0) is 42.5. The van der Waals surface area contributed by atoms with E-state index in [4.69, 9.17) is 9.47 Å². The highest BCUT2D eigenvalue weighted by Crippen LogP contribution is 2.42. The maximum absolute atomic E-state index is 13.1. The van der Waals surface area contributed by atoms with Crippen LogP contribution in [0.4, 0.5) is 0 Å². The van der Waals surface area contributed by atoms with Crippen molar-refractivity contribution in [2.24, 2.45) is 0 Å². The Morgan fingerprint density at radius 3 is 1.08 bits per heavy atom. The molecule has 0 unspecified atom stereocenters. The lowest BCUT2D eigenvalue weighted by Crippen LogP contribution is -2.27. The second kappa shape index (κ2) is 17.8. The quantitative estimate of drug-likeness (QED) is 0.148. The molecule has 4 aliphatic rings. The van der Waals surface area contributed by atoms with Crippen molar-refractivity contribution in [2.75, 3.05) is 6.61 Å². The molecule has 4 aromatic carbocycles. The van der Waals surface area contributed by atoms with Crippen LogP contribution in [0, 0.1) is 0 Å². The molecule has 0 amide bonds. The summed E-state index contributed by atoms with van der Waals surface area (Å²) >= 11 is 0. The van der Waals surface area contributed by atoms with E-state index in [0.29, 0.717) is 39.1 Å². The minimum Gasteiger partial charge on any atom is -0.507 e. The average Bonchev–Trinajstić information content (AvgIpc) is 3.79. The van der Waals surface area contributed by atoms with Gasteiger partial charge in [0.2, 0.25) is 0 Å². The molecule has 0 radical (unpaired) electrons. The summed E-state index contributed by atoms with van der Waals surface area (Å²) in [5.74, 6) is 0.223. The van der Waals surface area contributed by atoms with Crippen LogP contribution >= 0.6 is 0 Å².